The zero-order chi connectivity index (χ0) is 17.1. The van der Waals surface area contributed by atoms with Crippen LogP contribution in [-0.2, 0) is 6.54 Å². The first kappa shape index (κ1) is 16.0. The van der Waals surface area contributed by atoms with Crippen molar-refractivity contribution in [2.75, 3.05) is 5.32 Å². The zero-order valence-corrected chi connectivity index (χ0v) is 14.0. The molecule has 1 aromatic carbocycles. The Hall–Kier alpha value is -2.87. The molecule has 0 spiro atoms. The smallest absolute Gasteiger partial charge is 0.270 e. The number of nitrogens with one attached hydrogen (secondary N) is 1. The van der Waals surface area contributed by atoms with Gasteiger partial charge in [0.15, 0.2) is 5.82 Å². The van der Waals surface area contributed by atoms with Crippen LogP contribution in [0, 0.1) is 24.0 Å². The highest BCUT2D eigenvalue weighted by molar-refractivity contribution is 7.09. The van der Waals surface area contributed by atoms with E-state index in [4.69, 9.17) is 0 Å². The van der Waals surface area contributed by atoms with E-state index in [0.29, 0.717) is 23.8 Å². The largest absolute Gasteiger partial charge is 0.365 e. The maximum atomic E-state index is 10.9. The van der Waals surface area contributed by atoms with Crippen LogP contribution in [0.3, 0.4) is 0 Å². The van der Waals surface area contributed by atoms with Gasteiger partial charge >= 0.3 is 0 Å². The van der Waals surface area contributed by atoms with Crippen LogP contribution in [0.4, 0.5) is 11.5 Å². The lowest BCUT2D eigenvalue weighted by atomic mass is 10.2. The summed E-state index contributed by atoms with van der Waals surface area (Å²) in [6.07, 6.45) is 0. The Morgan fingerprint density at radius 2 is 2.08 bits per heavy atom. The molecular formula is C16H15N5O2S. The van der Waals surface area contributed by atoms with Crippen LogP contribution >= 0.6 is 11.3 Å². The van der Waals surface area contributed by atoms with Gasteiger partial charge in [-0.25, -0.2) is 15.0 Å². The number of hydrogen-bond acceptors (Lipinski definition) is 7. The molecule has 8 heteroatoms. The van der Waals surface area contributed by atoms with Gasteiger partial charge in [-0.15, -0.1) is 11.3 Å². The molecular weight excluding hydrogens is 326 g/mol. The molecule has 0 amide bonds. The van der Waals surface area contributed by atoms with E-state index >= 15 is 0 Å². The molecule has 2 aromatic heterocycles. The number of benzene rings is 1. The van der Waals surface area contributed by atoms with Crippen molar-refractivity contribution in [3.05, 3.63) is 62.2 Å². The number of nitro benzene ring substituents is 1. The van der Waals surface area contributed by atoms with E-state index in [1.165, 1.54) is 12.1 Å². The summed E-state index contributed by atoms with van der Waals surface area (Å²) in [5, 5.41) is 14.2. The molecule has 0 fully saturated rings. The second-order valence-electron chi connectivity index (χ2n) is 5.24. The normalized spacial score (nSPS) is 10.6. The SMILES string of the molecule is Cc1cc(NCc2scnc2C)nc(-c2cccc([N+](=O)[O-])c2)n1. The van der Waals surface area contributed by atoms with Crippen LogP contribution in [0.2, 0.25) is 0 Å². The lowest BCUT2D eigenvalue weighted by molar-refractivity contribution is -0.384. The predicted molar refractivity (Wildman–Crippen MR) is 93.0 cm³/mol. The second kappa shape index (κ2) is 6.71. The lowest BCUT2D eigenvalue weighted by Crippen LogP contribution is -2.04. The molecule has 0 unspecified atom stereocenters. The maximum absolute atomic E-state index is 10.9. The number of rotatable bonds is 5. The minimum atomic E-state index is -0.426. The minimum absolute atomic E-state index is 0.0207. The molecule has 3 rings (SSSR count). The van der Waals surface area contributed by atoms with Gasteiger partial charge in [0.05, 0.1) is 22.7 Å². The first-order valence-electron chi connectivity index (χ1n) is 7.26. The van der Waals surface area contributed by atoms with Crippen molar-refractivity contribution in [3.63, 3.8) is 0 Å². The van der Waals surface area contributed by atoms with Gasteiger partial charge in [0.25, 0.3) is 5.69 Å². The van der Waals surface area contributed by atoms with Crippen LogP contribution in [0.25, 0.3) is 11.4 Å². The van der Waals surface area contributed by atoms with Gasteiger partial charge in [0.2, 0.25) is 0 Å². The van der Waals surface area contributed by atoms with E-state index in [0.717, 1.165) is 16.3 Å². The highest BCUT2D eigenvalue weighted by Crippen LogP contribution is 2.23. The molecule has 1 N–H and O–H groups in total. The Bertz CT molecular complexity index is 894. The average molecular weight is 341 g/mol. The fraction of sp³-hybridized carbons (Fsp3) is 0.188. The van der Waals surface area contributed by atoms with Crippen molar-refractivity contribution in [1.82, 2.24) is 15.0 Å². The fourth-order valence-corrected chi connectivity index (χ4v) is 2.93. The van der Waals surface area contributed by atoms with Crippen LogP contribution in [0.1, 0.15) is 16.3 Å². The fourth-order valence-electron chi connectivity index (χ4n) is 2.21. The summed E-state index contributed by atoms with van der Waals surface area (Å²) in [7, 11) is 0. The van der Waals surface area contributed by atoms with Crippen molar-refractivity contribution in [3.8, 4) is 11.4 Å². The third kappa shape index (κ3) is 3.54. The molecule has 0 saturated carbocycles. The summed E-state index contributed by atoms with van der Waals surface area (Å²) in [6, 6.07) is 8.17. The van der Waals surface area contributed by atoms with Gasteiger partial charge in [-0.3, -0.25) is 10.1 Å². The average Bonchev–Trinajstić information content (AvgIpc) is 2.97. The standard InChI is InChI=1S/C16H15N5O2S/c1-10-6-15(17-8-14-11(2)18-9-24-14)20-16(19-10)12-4-3-5-13(7-12)21(22)23/h3-7,9H,8H2,1-2H3,(H,17,19,20). The molecule has 0 aliphatic carbocycles. The Labute approximate surface area is 142 Å². The van der Waals surface area contributed by atoms with Gasteiger partial charge < -0.3 is 5.32 Å². The maximum Gasteiger partial charge on any atom is 0.270 e. The van der Waals surface area contributed by atoms with Gasteiger partial charge in [-0.2, -0.15) is 0 Å². The summed E-state index contributed by atoms with van der Waals surface area (Å²) >= 11 is 1.59. The number of aryl methyl sites for hydroxylation is 2. The number of hydrogen-bond donors (Lipinski definition) is 1. The summed E-state index contributed by atoms with van der Waals surface area (Å²) in [5.74, 6) is 1.14. The number of nitro groups is 1. The van der Waals surface area contributed by atoms with E-state index in [1.807, 2.05) is 25.4 Å². The third-order valence-electron chi connectivity index (χ3n) is 3.44. The number of anilines is 1. The van der Waals surface area contributed by atoms with Crippen molar-refractivity contribution in [2.45, 2.75) is 20.4 Å². The quantitative estimate of drug-likeness (QED) is 0.561. The van der Waals surface area contributed by atoms with Crippen molar-refractivity contribution in [2.24, 2.45) is 0 Å². The Morgan fingerprint density at radius 3 is 2.79 bits per heavy atom. The molecule has 0 saturated heterocycles. The predicted octanol–water partition coefficient (Wildman–Crippen LogP) is 3.74. The molecule has 0 bridgehead atoms. The Morgan fingerprint density at radius 1 is 1.25 bits per heavy atom. The molecule has 122 valence electrons. The molecule has 0 radical (unpaired) electrons. The summed E-state index contributed by atoms with van der Waals surface area (Å²) < 4.78 is 0. The highest BCUT2D eigenvalue weighted by Gasteiger charge is 2.11. The lowest BCUT2D eigenvalue weighted by Gasteiger charge is -2.08. The number of non-ortho nitro benzene ring substituents is 1. The minimum Gasteiger partial charge on any atom is -0.365 e. The van der Waals surface area contributed by atoms with E-state index in [2.05, 4.69) is 20.3 Å². The van der Waals surface area contributed by atoms with Crippen LogP contribution in [-0.4, -0.2) is 19.9 Å². The Balaban J connectivity index is 1.87. The topological polar surface area (TPSA) is 93.8 Å². The Kier molecular flexibility index (Phi) is 4.48. The summed E-state index contributed by atoms with van der Waals surface area (Å²) in [5.41, 5.74) is 4.23. The second-order valence-corrected chi connectivity index (χ2v) is 6.18. The molecule has 24 heavy (non-hydrogen) atoms. The third-order valence-corrected chi connectivity index (χ3v) is 4.38. The summed E-state index contributed by atoms with van der Waals surface area (Å²) in [4.78, 5) is 24.7. The van der Waals surface area contributed by atoms with E-state index in [9.17, 15) is 10.1 Å². The van der Waals surface area contributed by atoms with E-state index in [-0.39, 0.29) is 5.69 Å². The van der Waals surface area contributed by atoms with E-state index < -0.39 is 4.92 Å². The van der Waals surface area contributed by atoms with Crippen molar-refractivity contribution in [1.29, 1.82) is 0 Å². The first-order valence-corrected chi connectivity index (χ1v) is 8.14. The van der Waals surface area contributed by atoms with Gasteiger partial charge in [0, 0.05) is 34.3 Å². The van der Waals surface area contributed by atoms with Gasteiger partial charge in [-0.1, -0.05) is 12.1 Å². The molecule has 2 heterocycles. The molecule has 0 aliphatic heterocycles. The highest BCUT2D eigenvalue weighted by atomic mass is 32.1. The summed E-state index contributed by atoms with van der Waals surface area (Å²) in [6.45, 7) is 4.46. The number of aromatic nitrogens is 3. The van der Waals surface area contributed by atoms with Gasteiger partial charge in [0.1, 0.15) is 5.82 Å². The number of thiazole rings is 1. The first-order chi connectivity index (χ1) is 11.5. The van der Waals surface area contributed by atoms with E-state index in [1.54, 1.807) is 23.5 Å². The molecule has 0 aliphatic rings. The molecule has 7 nitrogen and oxygen atoms in total. The molecule has 3 aromatic rings. The van der Waals surface area contributed by atoms with Crippen LogP contribution < -0.4 is 5.32 Å². The molecule has 0 atom stereocenters. The van der Waals surface area contributed by atoms with Crippen molar-refractivity contribution >= 4 is 22.8 Å². The van der Waals surface area contributed by atoms with Crippen molar-refractivity contribution < 1.29 is 4.92 Å². The van der Waals surface area contributed by atoms with Crippen LogP contribution in [0.15, 0.2) is 35.8 Å². The monoisotopic (exact) mass is 341 g/mol. The van der Waals surface area contributed by atoms with Crippen LogP contribution in [0.5, 0.6) is 0 Å². The van der Waals surface area contributed by atoms with Gasteiger partial charge in [-0.05, 0) is 13.8 Å². The number of nitrogens with zero attached hydrogens (tertiary/aromatic N) is 4. The zero-order valence-electron chi connectivity index (χ0n) is 13.2.